The van der Waals surface area contributed by atoms with E-state index in [1.807, 2.05) is 28.0 Å². The summed E-state index contributed by atoms with van der Waals surface area (Å²) in [4.78, 5) is 28.9. The van der Waals surface area contributed by atoms with Gasteiger partial charge in [-0.25, -0.2) is 9.97 Å². The van der Waals surface area contributed by atoms with E-state index < -0.39 is 0 Å². The van der Waals surface area contributed by atoms with Gasteiger partial charge < -0.3 is 15.0 Å². The number of carbonyl (C=O) groups is 1. The third-order valence-electron chi connectivity index (χ3n) is 7.02. The molecule has 9 nitrogen and oxygen atoms in total. The monoisotopic (exact) mass is 437 g/mol. The molecule has 1 amide bonds. The van der Waals surface area contributed by atoms with Gasteiger partial charge in [-0.3, -0.25) is 14.4 Å². The average molecular weight is 438 g/mol. The highest BCUT2D eigenvalue weighted by molar-refractivity contribution is 5.90. The molecule has 2 aliphatic rings. The standard InChI is InChI=1S/C23H31N7O2/c31-12-6-17-2-8-28(9-3-17)15-21(32)29-10-4-19(5-11-29)30-14-18(13-27-30)22-20-1-7-24-23(20)26-16-25-22/h1,7,13-14,16-17,19,31H,2-6,8-12,15H2,(H,24,25,26). The van der Waals surface area contributed by atoms with Crippen molar-refractivity contribution in [1.82, 2.24) is 34.5 Å². The van der Waals surface area contributed by atoms with Crippen molar-refractivity contribution in [2.45, 2.75) is 38.1 Å². The molecule has 0 spiro atoms. The van der Waals surface area contributed by atoms with Gasteiger partial charge in [0.15, 0.2) is 0 Å². The number of aromatic nitrogens is 5. The summed E-state index contributed by atoms with van der Waals surface area (Å²) in [6.07, 6.45) is 12.3. The van der Waals surface area contributed by atoms with Crippen LogP contribution in [-0.4, -0.2) is 84.9 Å². The number of nitrogens with zero attached hydrogens (tertiary/aromatic N) is 6. The van der Waals surface area contributed by atoms with Crippen LogP contribution < -0.4 is 0 Å². The maximum atomic E-state index is 12.8. The first-order valence-corrected chi connectivity index (χ1v) is 11.6. The zero-order valence-corrected chi connectivity index (χ0v) is 18.4. The Morgan fingerprint density at radius 3 is 2.72 bits per heavy atom. The van der Waals surface area contributed by atoms with E-state index in [4.69, 9.17) is 5.11 Å². The second-order valence-corrected chi connectivity index (χ2v) is 9.02. The highest BCUT2D eigenvalue weighted by Gasteiger charge is 2.27. The average Bonchev–Trinajstić information content (AvgIpc) is 3.50. The van der Waals surface area contributed by atoms with Crippen LogP contribution in [0.25, 0.3) is 22.3 Å². The summed E-state index contributed by atoms with van der Waals surface area (Å²) >= 11 is 0. The van der Waals surface area contributed by atoms with Gasteiger partial charge in [0.2, 0.25) is 5.91 Å². The minimum atomic E-state index is 0.237. The number of amides is 1. The number of hydrogen-bond acceptors (Lipinski definition) is 6. The van der Waals surface area contributed by atoms with Crippen molar-refractivity contribution in [3.05, 3.63) is 31.0 Å². The lowest BCUT2D eigenvalue weighted by Gasteiger charge is -2.35. The van der Waals surface area contributed by atoms with Gasteiger partial charge in [-0.2, -0.15) is 5.10 Å². The predicted molar refractivity (Wildman–Crippen MR) is 121 cm³/mol. The maximum Gasteiger partial charge on any atom is 0.236 e. The van der Waals surface area contributed by atoms with Crippen molar-refractivity contribution >= 4 is 16.9 Å². The second-order valence-electron chi connectivity index (χ2n) is 9.02. The molecule has 0 unspecified atom stereocenters. The fourth-order valence-electron chi connectivity index (χ4n) is 5.05. The van der Waals surface area contributed by atoms with E-state index in [1.54, 1.807) is 6.33 Å². The largest absolute Gasteiger partial charge is 0.396 e. The number of fused-ring (bicyclic) bond motifs is 1. The third-order valence-corrected chi connectivity index (χ3v) is 7.02. The van der Waals surface area contributed by atoms with Crippen molar-refractivity contribution < 1.29 is 9.90 Å². The quantitative estimate of drug-likeness (QED) is 0.612. The van der Waals surface area contributed by atoms with Crippen LogP contribution >= 0.6 is 0 Å². The van der Waals surface area contributed by atoms with Gasteiger partial charge in [-0.1, -0.05) is 0 Å². The first-order valence-electron chi connectivity index (χ1n) is 11.6. The van der Waals surface area contributed by atoms with Crippen molar-refractivity contribution in [3.8, 4) is 11.3 Å². The fourth-order valence-corrected chi connectivity index (χ4v) is 5.05. The van der Waals surface area contributed by atoms with E-state index in [9.17, 15) is 4.79 Å². The van der Waals surface area contributed by atoms with Crippen LogP contribution in [0.1, 0.15) is 38.1 Å². The molecule has 3 aromatic heterocycles. The fraction of sp³-hybridized carbons (Fsp3) is 0.565. The molecule has 2 saturated heterocycles. The summed E-state index contributed by atoms with van der Waals surface area (Å²) < 4.78 is 2.03. The number of likely N-dealkylation sites (tertiary alicyclic amines) is 2. The number of aromatic amines is 1. The number of H-pyrrole nitrogens is 1. The molecule has 2 aliphatic heterocycles. The van der Waals surface area contributed by atoms with E-state index in [-0.39, 0.29) is 12.5 Å². The Morgan fingerprint density at radius 2 is 1.94 bits per heavy atom. The Bertz CT molecular complexity index is 1050. The molecule has 5 heterocycles. The molecule has 3 aromatic rings. The first kappa shape index (κ1) is 21.1. The van der Waals surface area contributed by atoms with Gasteiger partial charge in [-0.15, -0.1) is 0 Å². The molecular formula is C23H31N7O2. The topological polar surface area (TPSA) is 103 Å². The summed E-state index contributed by atoms with van der Waals surface area (Å²) in [7, 11) is 0. The van der Waals surface area contributed by atoms with E-state index in [2.05, 4.69) is 31.1 Å². The van der Waals surface area contributed by atoms with Crippen LogP contribution in [0.5, 0.6) is 0 Å². The zero-order valence-electron chi connectivity index (χ0n) is 18.4. The SMILES string of the molecule is O=C(CN1CCC(CCO)CC1)N1CCC(n2cc(-c3ncnc4[nH]ccc34)cn2)CC1. The van der Waals surface area contributed by atoms with Gasteiger partial charge in [0, 0.05) is 43.0 Å². The Kier molecular flexibility index (Phi) is 6.18. The van der Waals surface area contributed by atoms with Gasteiger partial charge in [0.25, 0.3) is 0 Å². The van der Waals surface area contributed by atoms with Gasteiger partial charge >= 0.3 is 0 Å². The molecule has 2 fully saturated rings. The normalized spacial score (nSPS) is 19.1. The molecule has 5 rings (SSSR count). The van der Waals surface area contributed by atoms with Gasteiger partial charge in [0.1, 0.15) is 12.0 Å². The van der Waals surface area contributed by atoms with Crippen LogP contribution in [0.2, 0.25) is 0 Å². The predicted octanol–water partition coefficient (Wildman–Crippen LogP) is 2.08. The zero-order chi connectivity index (χ0) is 21.9. The number of nitrogens with one attached hydrogen (secondary N) is 1. The van der Waals surface area contributed by atoms with Crippen LogP contribution in [0.15, 0.2) is 31.0 Å². The number of aliphatic hydroxyl groups is 1. The number of carbonyl (C=O) groups excluding carboxylic acids is 1. The van der Waals surface area contributed by atoms with Crippen LogP contribution in [0.4, 0.5) is 0 Å². The lowest BCUT2D eigenvalue weighted by Crippen LogP contribution is -2.46. The van der Waals surface area contributed by atoms with Crippen molar-refractivity contribution in [1.29, 1.82) is 0 Å². The number of piperidine rings is 2. The minimum Gasteiger partial charge on any atom is -0.396 e. The number of hydrogen-bond donors (Lipinski definition) is 2. The molecule has 0 aromatic carbocycles. The lowest BCUT2D eigenvalue weighted by atomic mass is 9.94. The Labute approximate surface area is 187 Å². The highest BCUT2D eigenvalue weighted by Crippen LogP contribution is 2.28. The van der Waals surface area contributed by atoms with Crippen molar-refractivity contribution in [2.75, 3.05) is 39.3 Å². The van der Waals surface area contributed by atoms with Gasteiger partial charge in [0.05, 0.1) is 24.5 Å². The van der Waals surface area contributed by atoms with Crippen LogP contribution in [0, 0.1) is 5.92 Å². The van der Waals surface area contributed by atoms with Crippen LogP contribution in [-0.2, 0) is 4.79 Å². The first-order chi connectivity index (χ1) is 15.7. The lowest BCUT2D eigenvalue weighted by molar-refractivity contribution is -0.134. The highest BCUT2D eigenvalue weighted by atomic mass is 16.3. The molecule has 9 heteroatoms. The van der Waals surface area contributed by atoms with Crippen LogP contribution in [0.3, 0.4) is 0 Å². The Hall–Kier alpha value is -2.78. The maximum absolute atomic E-state index is 12.8. The molecule has 2 N–H and O–H groups in total. The molecule has 170 valence electrons. The second kappa shape index (κ2) is 9.38. The molecule has 0 saturated carbocycles. The molecule has 0 bridgehead atoms. The molecule has 0 radical (unpaired) electrons. The minimum absolute atomic E-state index is 0.237. The summed E-state index contributed by atoms with van der Waals surface area (Å²) in [5.41, 5.74) is 2.70. The molecular weight excluding hydrogens is 406 g/mol. The van der Waals surface area contributed by atoms with E-state index in [1.165, 1.54) is 0 Å². The number of rotatable bonds is 6. The summed E-state index contributed by atoms with van der Waals surface area (Å²) in [5, 5.41) is 14.7. The molecule has 32 heavy (non-hydrogen) atoms. The summed E-state index contributed by atoms with van der Waals surface area (Å²) in [5.74, 6) is 0.845. The molecule has 0 aliphatic carbocycles. The molecule has 0 atom stereocenters. The Balaban J connectivity index is 1.14. The smallest absolute Gasteiger partial charge is 0.236 e. The van der Waals surface area contributed by atoms with E-state index in [0.717, 1.165) is 80.6 Å². The van der Waals surface area contributed by atoms with Crippen molar-refractivity contribution in [3.63, 3.8) is 0 Å². The summed E-state index contributed by atoms with van der Waals surface area (Å²) in [6, 6.07) is 2.28. The van der Waals surface area contributed by atoms with Crippen molar-refractivity contribution in [2.24, 2.45) is 5.92 Å². The number of aliphatic hydroxyl groups excluding tert-OH is 1. The van der Waals surface area contributed by atoms with E-state index in [0.29, 0.717) is 18.5 Å². The third kappa shape index (κ3) is 4.40. The van der Waals surface area contributed by atoms with E-state index >= 15 is 0 Å². The van der Waals surface area contributed by atoms with Gasteiger partial charge in [-0.05, 0) is 57.2 Å². The Morgan fingerprint density at radius 1 is 1.12 bits per heavy atom. The summed E-state index contributed by atoms with van der Waals surface area (Å²) in [6.45, 7) is 4.25.